The van der Waals surface area contributed by atoms with Crippen molar-refractivity contribution in [2.45, 2.75) is 25.8 Å². The van der Waals surface area contributed by atoms with E-state index in [-0.39, 0.29) is 0 Å². The maximum absolute atomic E-state index is 6.42. The van der Waals surface area contributed by atoms with E-state index in [1.54, 1.807) is 4.68 Å². The number of rotatable bonds is 3. The Bertz CT molecular complexity index is 544. The number of hydrogen-bond donors (Lipinski definition) is 1. The average molecular weight is 264 g/mol. The fraction of sp³-hybridized carbons (Fsp3) is 0.357. The third-order valence-corrected chi connectivity index (χ3v) is 3.72. The van der Waals surface area contributed by atoms with Gasteiger partial charge in [-0.05, 0) is 25.8 Å². The number of halogens is 1. The summed E-state index contributed by atoms with van der Waals surface area (Å²) in [5.74, 6) is 0. The highest BCUT2D eigenvalue weighted by Crippen LogP contribution is 2.28. The van der Waals surface area contributed by atoms with Gasteiger partial charge in [0, 0.05) is 18.2 Å². The molecule has 1 unspecified atom stereocenters. The van der Waals surface area contributed by atoms with Crippen molar-refractivity contribution in [3.8, 4) is 0 Å². The zero-order valence-electron chi connectivity index (χ0n) is 10.9. The molecule has 0 radical (unpaired) electrons. The van der Waals surface area contributed by atoms with Crippen molar-refractivity contribution in [1.82, 2.24) is 9.78 Å². The summed E-state index contributed by atoms with van der Waals surface area (Å²) in [5, 5.41) is 4.98. The maximum atomic E-state index is 6.42. The summed E-state index contributed by atoms with van der Waals surface area (Å²) in [4.78, 5) is 0. The quantitative estimate of drug-likeness (QED) is 0.925. The van der Waals surface area contributed by atoms with Crippen molar-refractivity contribution in [3.05, 3.63) is 52.3 Å². The molecule has 4 heteroatoms. The molecule has 18 heavy (non-hydrogen) atoms. The van der Waals surface area contributed by atoms with Crippen LogP contribution in [0, 0.1) is 6.92 Å². The number of benzene rings is 1. The highest BCUT2D eigenvalue weighted by Gasteiger charge is 2.25. The van der Waals surface area contributed by atoms with E-state index >= 15 is 0 Å². The molecular weight excluding hydrogens is 246 g/mol. The number of aryl methyl sites for hydroxylation is 2. The third-order valence-electron chi connectivity index (χ3n) is 3.25. The largest absolute Gasteiger partial charge is 0.321 e. The van der Waals surface area contributed by atoms with E-state index < -0.39 is 5.54 Å². The summed E-state index contributed by atoms with van der Waals surface area (Å²) >= 11 is 6.25. The lowest BCUT2D eigenvalue weighted by Crippen LogP contribution is -2.35. The minimum Gasteiger partial charge on any atom is -0.321 e. The topological polar surface area (TPSA) is 43.8 Å². The highest BCUT2D eigenvalue weighted by molar-refractivity contribution is 6.30. The molecule has 0 aliphatic rings. The van der Waals surface area contributed by atoms with Crippen LogP contribution in [0.15, 0.2) is 30.3 Å². The second kappa shape index (κ2) is 4.75. The molecule has 0 amide bonds. The van der Waals surface area contributed by atoms with Gasteiger partial charge in [0.05, 0.1) is 5.69 Å². The number of hydrogen-bond acceptors (Lipinski definition) is 2. The number of aromatic nitrogens is 2. The van der Waals surface area contributed by atoms with Crippen molar-refractivity contribution in [2.24, 2.45) is 12.8 Å². The monoisotopic (exact) mass is 263 g/mol. The second-order valence-electron chi connectivity index (χ2n) is 4.94. The van der Waals surface area contributed by atoms with Gasteiger partial charge in [0.25, 0.3) is 0 Å². The summed E-state index contributed by atoms with van der Waals surface area (Å²) in [6, 6.07) is 10.1. The molecule has 2 N–H and O–H groups in total. The van der Waals surface area contributed by atoms with Gasteiger partial charge in [-0.3, -0.25) is 4.68 Å². The van der Waals surface area contributed by atoms with E-state index in [0.29, 0.717) is 11.6 Å². The Balaban J connectivity index is 2.33. The first-order valence-corrected chi connectivity index (χ1v) is 6.32. The minimum atomic E-state index is -0.446. The summed E-state index contributed by atoms with van der Waals surface area (Å²) < 4.78 is 1.69. The molecule has 3 nitrogen and oxygen atoms in total. The molecule has 0 aliphatic carbocycles. The van der Waals surface area contributed by atoms with Crippen LogP contribution < -0.4 is 5.73 Å². The van der Waals surface area contributed by atoms with Crippen LogP contribution in [-0.2, 0) is 19.0 Å². The fourth-order valence-electron chi connectivity index (χ4n) is 2.16. The average Bonchev–Trinajstić information content (AvgIpc) is 2.57. The normalized spacial score (nSPS) is 14.5. The van der Waals surface area contributed by atoms with Crippen LogP contribution in [0.3, 0.4) is 0 Å². The first-order chi connectivity index (χ1) is 8.42. The van der Waals surface area contributed by atoms with Crippen molar-refractivity contribution in [3.63, 3.8) is 0 Å². The molecule has 0 bridgehead atoms. The van der Waals surface area contributed by atoms with E-state index in [1.807, 2.05) is 51.2 Å². The van der Waals surface area contributed by atoms with Gasteiger partial charge in [-0.15, -0.1) is 0 Å². The lowest BCUT2D eigenvalue weighted by Gasteiger charge is -2.25. The van der Waals surface area contributed by atoms with Gasteiger partial charge in [0.15, 0.2) is 0 Å². The Morgan fingerprint density at radius 3 is 2.44 bits per heavy atom. The number of nitrogens with zero attached hydrogens (tertiary/aromatic N) is 2. The molecule has 96 valence electrons. The Kier molecular flexibility index (Phi) is 3.46. The molecular formula is C14H18ClN3. The van der Waals surface area contributed by atoms with Gasteiger partial charge in [-0.25, -0.2) is 0 Å². The van der Waals surface area contributed by atoms with Gasteiger partial charge < -0.3 is 5.73 Å². The zero-order valence-corrected chi connectivity index (χ0v) is 11.7. The van der Waals surface area contributed by atoms with Crippen molar-refractivity contribution in [2.75, 3.05) is 0 Å². The zero-order chi connectivity index (χ0) is 13.3. The predicted octanol–water partition coefficient (Wildman–Crippen LogP) is 2.80. The Labute approximate surface area is 113 Å². The van der Waals surface area contributed by atoms with E-state index in [2.05, 4.69) is 5.10 Å². The lowest BCUT2D eigenvalue weighted by atomic mass is 9.87. The predicted molar refractivity (Wildman–Crippen MR) is 74.6 cm³/mol. The van der Waals surface area contributed by atoms with E-state index in [9.17, 15) is 0 Å². The maximum Gasteiger partial charge on any atom is 0.130 e. The van der Waals surface area contributed by atoms with Crippen LogP contribution in [0.2, 0.25) is 5.15 Å². The molecule has 2 rings (SSSR count). The van der Waals surface area contributed by atoms with E-state index in [4.69, 9.17) is 17.3 Å². The van der Waals surface area contributed by atoms with Gasteiger partial charge in [0.1, 0.15) is 5.15 Å². The van der Waals surface area contributed by atoms with Crippen molar-refractivity contribution >= 4 is 11.6 Å². The first kappa shape index (κ1) is 13.1. The van der Waals surface area contributed by atoms with Crippen LogP contribution in [0.5, 0.6) is 0 Å². The SMILES string of the molecule is Cc1nn(C)c(Cl)c1CC(C)(N)c1ccccc1. The Morgan fingerprint density at radius 2 is 1.94 bits per heavy atom. The first-order valence-electron chi connectivity index (χ1n) is 5.94. The van der Waals surface area contributed by atoms with Gasteiger partial charge in [0.2, 0.25) is 0 Å². The van der Waals surface area contributed by atoms with Gasteiger partial charge in [-0.1, -0.05) is 41.9 Å². The third kappa shape index (κ3) is 2.42. The molecule has 0 aliphatic heterocycles. The van der Waals surface area contributed by atoms with E-state index in [1.165, 1.54) is 0 Å². The van der Waals surface area contributed by atoms with Crippen LogP contribution in [0.4, 0.5) is 0 Å². The molecule has 1 aromatic carbocycles. The Morgan fingerprint density at radius 1 is 1.33 bits per heavy atom. The van der Waals surface area contributed by atoms with Gasteiger partial charge in [-0.2, -0.15) is 5.10 Å². The van der Waals surface area contributed by atoms with Crippen molar-refractivity contribution < 1.29 is 0 Å². The summed E-state index contributed by atoms with van der Waals surface area (Å²) in [7, 11) is 1.84. The highest BCUT2D eigenvalue weighted by atomic mass is 35.5. The van der Waals surface area contributed by atoms with Gasteiger partial charge >= 0.3 is 0 Å². The lowest BCUT2D eigenvalue weighted by molar-refractivity contribution is 0.490. The molecule has 0 saturated carbocycles. The molecule has 0 fully saturated rings. The molecule has 1 heterocycles. The molecule has 1 atom stereocenters. The van der Waals surface area contributed by atoms with E-state index in [0.717, 1.165) is 16.8 Å². The molecule has 0 spiro atoms. The standard InChI is InChI=1S/C14H18ClN3/c1-10-12(13(15)18(3)17-10)9-14(2,16)11-7-5-4-6-8-11/h4-8H,9,16H2,1-3H3. The van der Waals surface area contributed by atoms with Crippen LogP contribution >= 0.6 is 11.6 Å². The Hall–Kier alpha value is -1.32. The van der Waals surface area contributed by atoms with Crippen LogP contribution in [0.25, 0.3) is 0 Å². The smallest absolute Gasteiger partial charge is 0.130 e. The summed E-state index contributed by atoms with van der Waals surface area (Å²) in [6.45, 7) is 3.98. The second-order valence-corrected chi connectivity index (χ2v) is 5.30. The van der Waals surface area contributed by atoms with Crippen LogP contribution in [-0.4, -0.2) is 9.78 Å². The fourth-order valence-corrected chi connectivity index (χ4v) is 2.40. The molecule has 2 aromatic rings. The molecule has 1 aromatic heterocycles. The van der Waals surface area contributed by atoms with Crippen molar-refractivity contribution in [1.29, 1.82) is 0 Å². The summed E-state index contributed by atoms with van der Waals surface area (Å²) in [6.07, 6.45) is 0.676. The molecule has 0 saturated heterocycles. The minimum absolute atomic E-state index is 0.446. The van der Waals surface area contributed by atoms with Crippen LogP contribution in [0.1, 0.15) is 23.7 Å². The summed E-state index contributed by atoms with van der Waals surface area (Å²) in [5.41, 5.74) is 9.04. The number of nitrogens with two attached hydrogens (primary N) is 1.